The van der Waals surface area contributed by atoms with Crippen molar-refractivity contribution in [3.63, 3.8) is 0 Å². The molecule has 0 spiro atoms. The van der Waals surface area contributed by atoms with Crippen molar-refractivity contribution in [2.24, 2.45) is 0 Å². The Balaban J connectivity index is 1.77. The summed E-state index contributed by atoms with van der Waals surface area (Å²) >= 11 is 0. The van der Waals surface area contributed by atoms with Crippen LogP contribution in [0.15, 0.2) is 48.5 Å². The second-order valence-corrected chi connectivity index (χ2v) is 5.31. The summed E-state index contributed by atoms with van der Waals surface area (Å²) in [5, 5.41) is 9.94. The first-order chi connectivity index (χ1) is 12.5. The molecule has 0 aromatic heterocycles. The minimum absolute atomic E-state index is 0.0256. The van der Waals surface area contributed by atoms with Crippen LogP contribution in [0.5, 0.6) is 11.5 Å². The van der Waals surface area contributed by atoms with Crippen LogP contribution in [0.2, 0.25) is 0 Å². The first kappa shape index (κ1) is 19.3. The summed E-state index contributed by atoms with van der Waals surface area (Å²) in [5.74, 6) is 0.171. The van der Waals surface area contributed by atoms with Crippen molar-refractivity contribution in [3.05, 3.63) is 59.7 Å². The predicted molar refractivity (Wildman–Crippen MR) is 92.6 cm³/mol. The van der Waals surface area contributed by atoms with Gasteiger partial charge in [0.25, 0.3) is 0 Å². The van der Waals surface area contributed by atoms with Gasteiger partial charge >= 0.3 is 11.9 Å². The Morgan fingerprint density at radius 2 is 1.12 bits per heavy atom. The molecule has 0 atom stereocenters. The van der Waals surface area contributed by atoms with E-state index >= 15 is 0 Å². The van der Waals surface area contributed by atoms with Crippen LogP contribution in [0.3, 0.4) is 0 Å². The van der Waals surface area contributed by atoms with Crippen LogP contribution >= 0.6 is 0 Å². The number of rotatable bonds is 8. The van der Waals surface area contributed by atoms with Crippen LogP contribution in [0.1, 0.15) is 20.7 Å². The van der Waals surface area contributed by atoms with Gasteiger partial charge in [0.1, 0.15) is 30.8 Å². The number of carbonyl (C=O) groups excluding carboxylic acids is 2. The van der Waals surface area contributed by atoms with Gasteiger partial charge in [0.05, 0.1) is 25.3 Å². The lowest BCUT2D eigenvalue weighted by molar-refractivity contribution is 0.0592. The van der Waals surface area contributed by atoms with E-state index in [-0.39, 0.29) is 13.2 Å². The molecule has 0 amide bonds. The topological polar surface area (TPSA) is 91.3 Å². The molecule has 0 heterocycles. The van der Waals surface area contributed by atoms with Crippen molar-refractivity contribution in [1.29, 1.82) is 0 Å². The molecule has 0 aliphatic rings. The van der Waals surface area contributed by atoms with Crippen molar-refractivity contribution >= 4 is 11.9 Å². The Morgan fingerprint density at radius 3 is 1.42 bits per heavy atom. The maximum atomic E-state index is 11.3. The summed E-state index contributed by atoms with van der Waals surface area (Å²) in [5.41, 5.74) is 0.832. The zero-order chi connectivity index (χ0) is 18.9. The number of hydrogen-bond donors (Lipinski definition) is 1. The fraction of sp³-hybridized carbons (Fsp3) is 0.263. The molecule has 0 saturated heterocycles. The van der Waals surface area contributed by atoms with Gasteiger partial charge in [0.2, 0.25) is 0 Å². The zero-order valence-electron chi connectivity index (χ0n) is 14.5. The minimum atomic E-state index is -0.851. The summed E-state index contributed by atoms with van der Waals surface area (Å²) in [6.45, 7) is 0.0512. The average Bonchev–Trinajstić information content (AvgIpc) is 2.70. The number of carbonyl (C=O) groups is 2. The highest BCUT2D eigenvalue weighted by Crippen LogP contribution is 2.15. The largest absolute Gasteiger partial charge is 0.491 e. The monoisotopic (exact) mass is 360 g/mol. The molecule has 2 aromatic carbocycles. The molecular formula is C19H20O7. The molecule has 7 heteroatoms. The van der Waals surface area contributed by atoms with E-state index in [2.05, 4.69) is 9.47 Å². The first-order valence-corrected chi connectivity index (χ1v) is 7.84. The third kappa shape index (κ3) is 5.49. The number of aliphatic hydroxyl groups excluding tert-OH is 1. The number of aliphatic hydroxyl groups is 1. The van der Waals surface area contributed by atoms with Gasteiger partial charge in [-0.3, -0.25) is 0 Å². The van der Waals surface area contributed by atoms with Gasteiger partial charge in [-0.2, -0.15) is 0 Å². The molecule has 0 bridgehead atoms. The van der Waals surface area contributed by atoms with Gasteiger partial charge in [-0.25, -0.2) is 9.59 Å². The van der Waals surface area contributed by atoms with E-state index in [1.807, 2.05) is 0 Å². The van der Waals surface area contributed by atoms with E-state index in [9.17, 15) is 14.7 Å². The Hall–Kier alpha value is -3.06. The van der Waals surface area contributed by atoms with E-state index in [1.165, 1.54) is 14.2 Å². The molecule has 0 radical (unpaired) electrons. The molecule has 138 valence electrons. The van der Waals surface area contributed by atoms with Crippen LogP contribution in [0.25, 0.3) is 0 Å². The van der Waals surface area contributed by atoms with E-state index in [1.54, 1.807) is 48.5 Å². The average molecular weight is 360 g/mol. The fourth-order valence-corrected chi connectivity index (χ4v) is 2.04. The van der Waals surface area contributed by atoms with Crippen molar-refractivity contribution in [3.8, 4) is 11.5 Å². The molecular weight excluding hydrogens is 340 g/mol. The quantitative estimate of drug-likeness (QED) is 0.721. The second kappa shape index (κ2) is 9.43. The fourth-order valence-electron chi connectivity index (χ4n) is 2.04. The number of hydrogen-bond acceptors (Lipinski definition) is 7. The van der Waals surface area contributed by atoms with Crippen LogP contribution < -0.4 is 9.47 Å². The number of esters is 2. The van der Waals surface area contributed by atoms with Crippen molar-refractivity contribution in [2.75, 3.05) is 27.4 Å². The zero-order valence-corrected chi connectivity index (χ0v) is 14.5. The number of methoxy groups -OCH3 is 2. The molecule has 0 unspecified atom stereocenters. The van der Waals surface area contributed by atoms with Gasteiger partial charge in [0.15, 0.2) is 0 Å². The van der Waals surface area contributed by atoms with E-state index in [0.29, 0.717) is 22.6 Å². The first-order valence-electron chi connectivity index (χ1n) is 7.84. The van der Waals surface area contributed by atoms with Crippen LogP contribution in [-0.4, -0.2) is 50.6 Å². The molecule has 1 N–H and O–H groups in total. The Bertz CT molecular complexity index is 659. The van der Waals surface area contributed by atoms with Gasteiger partial charge < -0.3 is 24.1 Å². The predicted octanol–water partition coefficient (Wildman–Crippen LogP) is 2.08. The Labute approximate surface area is 151 Å². The SMILES string of the molecule is COC(=O)c1ccc(OCC(O)COc2ccc(C(=O)OC)cc2)cc1. The highest BCUT2D eigenvalue weighted by atomic mass is 16.5. The normalized spacial score (nSPS) is 10.3. The molecule has 0 aliphatic heterocycles. The van der Waals surface area contributed by atoms with Crippen molar-refractivity contribution in [1.82, 2.24) is 0 Å². The summed E-state index contributed by atoms with van der Waals surface area (Å²) < 4.78 is 20.1. The lowest BCUT2D eigenvalue weighted by Gasteiger charge is -2.14. The van der Waals surface area contributed by atoms with Crippen LogP contribution in [0.4, 0.5) is 0 Å². The van der Waals surface area contributed by atoms with Gasteiger partial charge in [-0.05, 0) is 48.5 Å². The summed E-state index contributed by atoms with van der Waals surface area (Å²) in [4.78, 5) is 22.7. The van der Waals surface area contributed by atoms with Gasteiger partial charge in [0, 0.05) is 0 Å². The van der Waals surface area contributed by atoms with Gasteiger partial charge in [-0.1, -0.05) is 0 Å². The third-order valence-corrected chi connectivity index (χ3v) is 3.44. The molecule has 7 nitrogen and oxygen atoms in total. The van der Waals surface area contributed by atoms with Crippen molar-refractivity contribution in [2.45, 2.75) is 6.10 Å². The molecule has 2 aromatic rings. The van der Waals surface area contributed by atoms with E-state index < -0.39 is 18.0 Å². The molecule has 0 saturated carbocycles. The maximum absolute atomic E-state index is 11.3. The minimum Gasteiger partial charge on any atom is -0.491 e. The maximum Gasteiger partial charge on any atom is 0.337 e. The molecule has 2 rings (SSSR count). The lowest BCUT2D eigenvalue weighted by atomic mass is 10.2. The summed E-state index contributed by atoms with van der Waals surface area (Å²) in [7, 11) is 2.62. The number of benzene rings is 2. The molecule has 0 fully saturated rings. The van der Waals surface area contributed by atoms with E-state index in [4.69, 9.17) is 9.47 Å². The smallest absolute Gasteiger partial charge is 0.337 e. The van der Waals surface area contributed by atoms with Crippen molar-refractivity contribution < 1.29 is 33.6 Å². The van der Waals surface area contributed by atoms with E-state index in [0.717, 1.165) is 0 Å². The van der Waals surface area contributed by atoms with Gasteiger partial charge in [-0.15, -0.1) is 0 Å². The second-order valence-electron chi connectivity index (χ2n) is 5.31. The Morgan fingerprint density at radius 1 is 0.769 bits per heavy atom. The Kier molecular flexibility index (Phi) is 6.99. The highest BCUT2D eigenvalue weighted by molar-refractivity contribution is 5.89. The summed E-state index contributed by atoms with van der Waals surface area (Å²) in [6, 6.07) is 12.8. The van der Waals surface area contributed by atoms with Crippen LogP contribution in [0, 0.1) is 0 Å². The lowest BCUT2D eigenvalue weighted by Crippen LogP contribution is -2.25. The number of ether oxygens (including phenoxy) is 4. The molecule has 0 aliphatic carbocycles. The third-order valence-electron chi connectivity index (χ3n) is 3.44. The molecule has 26 heavy (non-hydrogen) atoms. The summed E-state index contributed by atoms with van der Waals surface area (Å²) in [6.07, 6.45) is -0.851. The standard InChI is InChI=1S/C19H20O7/c1-23-18(21)13-3-7-16(8-4-13)25-11-15(20)12-26-17-9-5-14(6-10-17)19(22)24-2/h3-10,15,20H,11-12H2,1-2H3. The van der Waals surface area contributed by atoms with Crippen LogP contribution in [-0.2, 0) is 9.47 Å². The highest BCUT2D eigenvalue weighted by Gasteiger charge is 2.09.